The van der Waals surface area contributed by atoms with E-state index < -0.39 is 10.0 Å². The van der Waals surface area contributed by atoms with Crippen LogP contribution in [0.1, 0.15) is 12.5 Å². The number of rotatable bonds is 6. The molecule has 1 N–H and O–H groups in total. The van der Waals surface area contributed by atoms with Crippen LogP contribution in [0.15, 0.2) is 29.2 Å². The van der Waals surface area contributed by atoms with Crippen molar-refractivity contribution in [3.8, 4) is 0 Å². The average Bonchev–Trinajstić information content (AvgIpc) is 2.49. The largest absolute Gasteiger partial charge is 0.304 e. The number of piperazine rings is 1. The smallest absolute Gasteiger partial charge is 0.240 e. The van der Waals surface area contributed by atoms with Gasteiger partial charge in [0.15, 0.2) is 0 Å². The molecule has 21 heavy (non-hydrogen) atoms. The summed E-state index contributed by atoms with van der Waals surface area (Å²) in [5.74, 6) is 0. The fraction of sp³-hybridized carbons (Fsp3) is 0.600. The molecule has 0 unspecified atom stereocenters. The Morgan fingerprint density at radius 2 is 1.90 bits per heavy atom. The van der Waals surface area contributed by atoms with E-state index >= 15 is 0 Å². The van der Waals surface area contributed by atoms with Crippen molar-refractivity contribution in [1.29, 1.82) is 0 Å². The van der Waals surface area contributed by atoms with E-state index in [1.54, 1.807) is 18.2 Å². The normalized spacial score (nSPS) is 18.0. The van der Waals surface area contributed by atoms with Crippen LogP contribution in [0.4, 0.5) is 0 Å². The van der Waals surface area contributed by atoms with Gasteiger partial charge in [0.2, 0.25) is 10.0 Å². The zero-order chi connectivity index (χ0) is 15.3. The predicted molar refractivity (Wildman–Crippen MR) is 84.9 cm³/mol. The Hall–Kier alpha value is -0.950. The van der Waals surface area contributed by atoms with Crippen LogP contribution in [0.3, 0.4) is 0 Å². The highest BCUT2D eigenvalue weighted by Gasteiger charge is 2.16. The van der Waals surface area contributed by atoms with E-state index in [2.05, 4.69) is 21.6 Å². The number of nitrogens with one attached hydrogen (secondary N) is 1. The van der Waals surface area contributed by atoms with Gasteiger partial charge in [-0.3, -0.25) is 4.90 Å². The molecule has 0 aromatic heterocycles. The second-order valence-corrected chi connectivity index (χ2v) is 7.31. The van der Waals surface area contributed by atoms with E-state index in [1.165, 1.54) is 0 Å². The topological polar surface area (TPSA) is 52.7 Å². The van der Waals surface area contributed by atoms with Crippen LogP contribution in [-0.4, -0.2) is 64.5 Å². The van der Waals surface area contributed by atoms with Crippen LogP contribution in [0.5, 0.6) is 0 Å². The molecule has 0 bridgehead atoms. The molecule has 0 saturated carbocycles. The lowest BCUT2D eigenvalue weighted by molar-refractivity contribution is 0.156. The number of nitrogens with zero attached hydrogens (tertiary/aromatic N) is 2. The van der Waals surface area contributed by atoms with Crippen molar-refractivity contribution in [2.45, 2.75) is 18.2 Å². The summed E-state index contributed by atoms with van der Waals surface area (Å²) in [4.78, 5) is 4.95. The first-order valence-electron chi connectivity index (χ1n) is 7.51. The highest BCUT2D eigenvalue weighted by atomic mass is 32.2. The Kier molecular flexibility index (Phi) is 5.75. The molecule has 0 spiro atoms. The van der Waals surface area contributed by atoms with Gasteiger partial charge in [-0.15, -0.1) is 0 Å². The molecule has 1 heterocycles. The standard InChI is InChI=1S/C15H25N3O2S/c1-3-14-5-4-6-15(13-14)21(19,20)16-7-8-18-11-9-17(2)10-12-18/h4-6,13,16H,3,7-12H2,1-2H3. The molecule has 1 aromatic rings. The molecule has 1 saturated heterocycles. The van der Waals surface area contributed by atoms with Crippen molar-refractivity contribution in [2.24, 2.45) is 0 Å². The third-order valence-corrected chi connectivity index (χ3v) is 5.39. The number of hydrogen-bond acceptors (Lipinski definition) is 4. The Bertz CT molecular complexity index is 552. The summed E-state index contributed by atoms with van der Waals surface area (Å²) in [5, 5.41) is 0. The Morgan fingerprint density at radius 3 is 2.57 bits per heavy atom. The SMILES string of the molecule is CCc1cccc(S(=O)(=O)NCCN2CCN(C)CC2)c1. The molecule has 6 heteroatoms. The van der Waals surface area contributed by atoms with Crippen LogP contribution in [0, 0.1) is 0 Å². The monoisotopic (exact) mass is 311 g/mol. The Morgan fingerprint density at radius 1 is 1.19 bits per heavy atom. The van der Waals surface area contributed by atoms with Crippen molar-refractivity contribution < 1.29 is 8.42 Å². The van der Waals surface area contributed by atoms with Crippen molar-refractivity contribution in [3.63, 3.8) is 0 Å². The Labute approximate surface area is 128 Å². The zero-order valence-electron chi connectivity index (χ0n) is 12.9. The number of aryl methyl sites for hydroxylation is 1. The van der Waals surface area contributed by atoms with Gasteiger partial charge in [0.1, 0.15) is 0 Å². The molecular weight excluding hydrogens is 286 g/mol. The number of sulfonamides is 1. The van der Waals surface area contributed by atoms with Crippen LogP contribution in [-0.2, 0) is 16.4 Å². The second-order valence-electron chi connectivity index (χ2n) is 5.54. The maximum absolute atomic E-state index is 12.3. The first-order chi connectivity index (χ1) is 10.0. The molecule has 0 atom stereocenters. The highest BCUT2D eigenvalue weighted by Crippen LogP contribution is 2.11. The van der Waals surface area contributed by atoms with Gasteiger partial charge in [-0.1, -0.05) is 19.1 Å². The second kappa shape index (κ2) is 7.35. The predicted octanol–water partition coefficient (Wildman–Crippen LogP) is 0.775. The summed E-state index contributed by atoms with van der Waals surface area (Å²) in [6, 6.07) is 7.15. The van der Waals surface area contributed by atoms with Crippen molar-refractivity contribution in [2.75, 3.05) is 46.3 Å². The first-order valence-corrected chi connectivity index (χ1v) is 8.99. The molecule has 1 aromatic carbocycles. The lowest BCUT2D eigenvalue weighted by atomic mass is 10.2. The highest BCUT2D eigenvalue weighted by molar-refractivity contribution is 7.89. The van der Waals surface area contributed by atoms with Gasteiger partial charge < -0.3 is 4.90 Å². The van der Waals surface area contributed by atoms with Crippen LogP contribution in [0.2, 0.25) is 0 Å². The van der Waals surface area contributed by atoms with Gasteiger partial charge in [-0.05, 0) is 31.2 Å². The lowest BCUT2D eigenvalue weighted by Gasteiger charge is -2.32. The van der Waals surface area contributed by atoms with Crippen LogP contribution in [0.25, 0.3) is 0 Å². The third-order valence-electron chi connectivity index (χ3n) is 3.93. The van der Waals surface area contributed by atoms with Crippen molar-refractivity contribution >= 4 is 10.0 Å². The molecule has 118 valence electrons. The van der Waals surface area contributed by atoms with E-state index in [0.29, 0.717) is 11.4 Å². The van der Waals surface area contributed by atoms with Crippen LogP contribution >= 0.6 is 0 Å². The summed E-state index contributed by atoms with van der Waals surface area (Å²) in [7, 11) is -1.28. The van der Waals surface area contributed by atoms with Gasteiger partial charge in [-0.25, -0.2) is 13.1 Å². The average molecular weight is 311 g/mol. The van der Waals surface area contributed by atoms with Gasteiger partial charge in [0, 0.05) is 39.3 Å². The van der Waals surface area contributed by atoms with E-state index in [-0.39, 0.29) is 0 Å². The van der Waals surface area contributed by atoms with Crippen molar-refractivity contribution in [1.82, 2.24) is 14.5 Å². The van der Waals surface area contributed by atoms with Crippen LogP contribution < -0.4 is 4.72 Å². The minimum Gasteiger partial charge on any atom is -0.304 e. The minimum absolute atomic E-state index is 0.361. The lowest BCUT2D eigenvalue weighted by Crippen LogP contribution is -2.46. The summed E-state index contributed by atoms with van der Waals surface area (Å²) < 4.78 is 27.2. The molecule has 2 rings (SSSR count). The van der Waals surface area contributed by atoms with E-state index in [1.807, 2.05) is 13.0 Å². The molecule has 0 aliphatic carbocycles. The van der Waals surface area contributed by atoms with E-state index in [4.69, 9.17) is 0 Å². The molecule has 0 amide bonds. The number of benzene rings is 1. The quantitative estimate of drug-likeness (QED) is 0.843. The van der Waals surface area contributed by atoms with Gasteiger partial charge in [0.25, 0.3) is 0 Å². The summed E-state index contributed by atoms with van der Waals surface area (Å²) in [6.45, 7) is 7.35. The molecule has 0 radical (unpaired) electrons. The zero-order valence-corrected chi connectivity index (χ0v) is 13.7. The first kappa shape index (κ1) is 16.4. The minimum atomic E-state index is -3.39. The molecule has 1 aliphatic rings. The number of likely N-dealkylation sites (N-methyl/N-ethyl adjacent to an activating group) is 1. The van der Waals surface area contributed by atoms with Gasteiger partial charge in [-0.2, -0.15) is 0 Å². The maximum atomic E-state index is 12.3. The van der Waals surface area contributed by atoms with Gasteiger partial charge >= 0.3 is 0 Å². The van der Waals surface area contributed by atoms with E-state index in [0.717, 1.165) is 44.7 Å². The molecular formula is C15H25N3O2S. The molecule has 5 nitrogen and oxygen atoms in total. The summed E-state index contributed by atoms with van der Waals surface area (Å²) >= 11 is 0. The van der Waals surface area contributed by atoms with E-state index in [9.17, 15) is 8.42 Å². The third kappa shape index (κ3) is 4.78. The summed E-state index contributed by atoms with van der Waals surface area (Å²) in [6.07, 6.45) is 0.838. The Balaban J connectivity index is 1.86. The summed E-state index contributed by atoms with van der Waals surface area (Å²) in [5.41, 5.74) is 1.04. The van der Waals surface area contributed by atoms with Crippen molar-refractivity contribution in [3.05, 3.63) is 29.8 Å². The fourth-order valence-electron chi connectivity index (χ4n) is 2.43. The fourth-order valence-corrected chi connectivity index (χ4v) is 3.52. The molecule has 1 aliphatic heterocycles. The number of hydrogen-bond donors (Lipinski definition) is 1. The molecule has 1 fully saturated rings. The van der Waals surface area contributed by atoms with Gasteiger partial charge in [0.05, 0.1) is 4.90 Å². The maximum Gasteiger partial charge on any atom is 0.240 e.